The molecule has 1 aromatic heterocycles. The largest absolute Gasteiger partial charge is 0.462 e. The quantitative estimate of drug-likeness (QED) is 0.625. The van der Waals surface area contributed by atoms with Crippen molar-refractivity contribution >= 4 is 21.9 Å². The lowest BCUT2D eigenvalue weighted by Crippen LogP contribution is -2.18. The molecular weight excluding hydrogens is 394 g/mol. The Bertz CT molecular complexity index is 980. The van der Waals surface area contributed by atoms with E-state index in [0.29, 0.717) is 23.2 Å². The van der Waals surface area contributed by atoms with Gasteiger partial charge in [-0.25, -0.2) is 4.79 Å². The Morgan fingerprint density at radius 3 is 2.54 bits per heavy atom. The molecule has 0 fully saturated rings. The van der Waals surface area contributed by atoms with Gasteiger partial charge >= 0.3 is 5.97 Å². The van der Waals surface area contributed by atoms with E-state index in [1.54, 1.807) is 13.0 Å². The standard InChI is InChI=1S/C21H18BrNO3/c1-2-26-21(25)18-13-16(11-14-7-6-10-17(22)12-14)20(24)23-19(18)15-8-4-3-5-9-15/h3-10,12-13H,2,11H2,1H3,(H,23,24). The van der Waals surface area contributed by atoms with Crippen LogP contribution in [0, 0.1) is 0 Å². The minimum atomic E-state index is -0.446. The first-order valence-electron chi connectivity index (χ1n) is 8.31. The van der Waals surface area contributed by atoms with Crippen LogP contribution in [0.3, 0.4) is 0 Å². The summed E-state index contributed by atoms with van der Waals surface area (Å²) < 4.78 is 6.13. The number of nitrogens with one attached hydrogen (secondary N) is 1. The fraction of sp³-hybridized carbons (Fsp3) is 0.143. The number of carbonyl (C=O) groups excluding carboxylic acids is 1. The van der Waals surface area contributed by atoms with E-state index in [1.165, 1.54) is 0 Å². The molecule has 0 radical (unpaired) electrons. The Morgan fingerprint density at radius 2 is 1.85 bits per heavy atom. The van der Waals surface area contributed by atoms with Crippen LogP contribution >= 0.6 is 15.9 Å². The summed E-state index contributed by atoms with van der Waals surface area (Å²) in [5.74, 6) is -0.446. The number of esters is 1. The van der Waals surface area contributed by atoms with E-state index in [-0.39, 0.29) is 12.2 Å². The van der Waals surface area contributed by atoms with Crippen LogP contribution in [0.5, 0.6) is 0 Å². The van der Waals surface area contributed by atoms with Crippen LogP contribution in [0.15, 0.2) is 69.9 Å². The van der Waals surface area contributed by atoms with Gasteiger partial charge < -0.3 is 9.72 Å². The Balaban J connectivity index is 2.09. The molecule has 0 aliphatic heterocycles. The van der Waals surface area contributed by atoms with Crippen LogP contribution in [0.25, 0.3) is 11.3 Å². The first kappa shape index (κ1) is 18.1. The summed E-state index contributed by atoms with van der Waals surface area (Å²) in [5.41, 5.74) is 2.89. The molecule has 0 aliphatic rings. The van der Waals surface area contributed by atoms with Crippen molar-refractivity contribution in [1.29, 1.82) is 0 Å². The maximum atomic E-state index is 12.6. The number of benzene rings is 2. The van der Waals surface area contributed by atoms with E-state index < -0.39 is 5.97 Å². The average Bonchev–Trinajstić information content (AvgIpc) is 2.64. The number of aromatic nitrogens is 1. The van der Waals surface area contributed by atoms with Gasteiger partial charge in [0, 0.05) is 16.5 Å². The Kier molecular flexibility index (Phi) is 5.68. The molecule has 132 valence electrons. The number of pyridine rings is 1. The summed E-state index contributed by atoms with van der Waals surface area (Å²) >= 11 is 3.43. The van der Waals surface area contributed by atoms with Gasteiger partial charge in [0.05, 0.1) is 17.9 Å². The van der Waals surface area contributed by atoms with Crippen LogP contribution in [0.1, 0.15) is 28.4 Å². The SMILES string of the molecule is CCOC(=O)c1cc(Cc2cccc(Br)c2)c(=O)[nH]c1-c1ccccc1. The van der Waals surface area contributed by atoms with Crippen molar-refractivity contribution in [2.24, 2.45) is 0 Å². The molecule has 5 heteroatoms. The van der Waals surface area contributed by atoms with Crippen molar-refractivity contribution in [1.82, 2.24) is 4.98 Å². The highest BCUT2D eigenvalue weighted by Gasteiger charge is 2.18. The molecule has 3 rings (SSSR count). The van der Waals surface area contributed by atoms with Crippen molar-refractivity contribution in [2.45, 2.75) is 13.3 Å². The second-order valence-electron chi connectivity index (χ2n) is 5.81. The molecular formula is C21H18BrNO3. The normalized spacial score (nSPS) is 10.5. The van der Waals surface area contributed by atoms with E-state index in [1.807, 2.05) is 54.6 Å². The lowest BCUT2D eigenvalue weighted by molar-refractivity contribution is 0.0526. The van der Waals surface area contributed by atoms with E-state index >= 15 is 0 Å². The number of carbonyl (C=O) groups is 1. The van der Waals surface area contributed by atoms with Gasteiger partial charge in [-0.05, 0) is 36.2 Å². The third-order valence-corrected chi connectivity index (χ3v) is 4.45. The highest BCUT2D eigenvalue weighted by Crippen LogP contribution is 2.23. The molecule has 0 saturated heterocycles. The number of rotatable bonds is 5. The van der Waals surface area contributed by atoms with E-state index in [9.17, 15) is 9.59 Å². The smallest absolute Gasteiger partial charge is 0.340 e. The van der Waals surface area contributed by atoms with E-state index in [0.717, 1.165) is 15.6 Å². The Hall–Kier alpha value is -2.66. The average molecular weight is 412 g/mol. The van der Waals surface area contributed by atoms with Gasteiger partial charge in [0.2, 0.25) is 0 Å². The number of halogens is 1. The molecule has 0 unspecified atom stereocenters. The summed E-state index contributed by atoms with van der Waals surface area (Å²) in [6.45, 7) is 2.03. The number of hydrogen-bond donors (Lipinski definition) is 1. The minimum Gasteiger partial charge on any atom is -0.462 e. The van der Waals surface area contributed by atoms with Gasteiger partial charge in [-0.3, -0.25) is 4.79 Å². The van der Waals surface area contributed by atoms with Gasteiger partial charge in [0.25, 0.3) is 5.56 Å². The van der Waals surface area contributed by atoms with Gasteiger partial charge in [-0.2, -0.15) is 0 Å². The summed E-state index contributed by atoms with van der Waals surface area (Å²) in [7, 11) is 0. The molecule has 0 aliphatic carbocycles. The molecule has 2 aromatic carbocycles. The van der Waals surface area contributed by atoms with Crippen LogP contribution < -0.4 is 5.56 Å². The van der Waals surface area contributed by atoms with Crippen LogP contribution in [0.2, 0.25) is 0 Å². The Labute approximate surface area is 160 Å². The molecule has 1 heterocycles. The highest BCUT2D eigenvalue weighted by atomic mass is 79.9. The zero-order valence-electron chi connectivity index (χ0n) is 14.3. The fourth-order valence-electron chi connectivity index (χ4n) is 2.77. The molecule has 26 heavy (non-hydrogen) atoms. The second-order valence-corrected chi connectivity index (χ2v) is 6.72. The molecule has 0 amide bonds. The molecule has 3 aromatic rings. The molecule has 0 spiro atoms. The van der Waals surface area contributed by atoms with Crippen LogP contribution in [0.4, 0.5) is 0 Å². The van der Waals surface area contributed by atoms with Crippen molar-refractivity contribution in [3.8, 4) is 11.3 Å². The zero-order valence-corrected chi connectivity index (χ0v) is 15.9. The van der Waals surface area contributed by atoms with Crippen molar-refractivity contribution in [3.05, 3.63) is 92.2 Å². The van der Waals surface area contributed by atoms with E-state index in [4.69, 9.17) is 4.74 Å². The lowest BCUT2D eigenvalue weighted by Gasteiger charge is -2.11. The monoisotopic (exact) mass is 411 g/mol. The number of H-pyrrole nitrogens is 1. The Morgan fingerprint density at radius 1 is 1.08 bits per heavy atom. The minimum absolute atomic E-state index is 0.211. The van der Waals surface area contributed by atoms with Gasteiger partial charge in [0.15, 0.2) is 0 Å². The third kappa shape index (κ3) is 4.11. The maximum Gasteiger partial charge on any atom is 0.340 e. The lowest BCUT2D eigenvalue weighted by atomic mass is 10.0. The maximum absolute atomic E-state index is 12.6. The number of hydrogen-bond acceptors (Lipinski definition) is 3. The molecule has 0 atom stereocenters. The first-order chi connectivity index (χ1) is 12.6. The zero-order chi connectivity index (χ0) is 18.5. The molecule has 0 bridgehead atoms. The predicted octanol–water partition coefficient (Wildman–Crippen LogP) is 4.57. The molecule has 0 saturated carbocycles. The molecule has 1 N–H and O–H groups in total. The fourth-order valence-corrected chi connectivity index (χ4v) is 3.22. The topological polar surface area (TPSA) is 59.2 Å². The summed E-state index contributed by atoms with van der Waals surface area (Å²) in [6.07, 6.45) is 0.427. The second kappa shape index (κ2) is 8.15. The van der Waals surface area contributed by atoms with Crippen molar-refractivity contribution in [2.75, 3.05) is 6.61 Å². The van der Waals surface area contributed by atoms with Crippen LogP contribution in [-0.4, -0.2) is 17.6 Å². The predicted molar refractivity (Wildman–Crippen MR) is 105 cm³/mol. The number of aromatic amines is 1. The summed E-state index contributed by atoms with van der Waals surface area (Å²) in [4.78, 5) is 27.9. The summed E-state index contributed by atoms with van der Waals surface area (Å²) in [5, 5.41) is 0. The highest BCUT2D eigenvalue weighted by molar-refractivity contribution is 9.10. The van der Waals surface area contributed by atoms with Crippen molar-refractivity contribution in [3.63, 3.8) is 0 Å². The van der Waals surface area contributed by atoms with Crippen LogP contribution in [-0.2, 0) is 11.2 Å². The van der Waals surface area contributed by atoms with Crippen molar-refractivity contribution < 1.29 is 9.53 Å². The van der Waals surface area contributed by atoms with E-state index in [2.05, 4.69) is 20.9 Å². The van der Waals surface area contributed by atoms with Gasteiger partial charge in [0.1, 0.15) is 0 Å². The summed E-state index contributed by atoms with van der Waals surface area (Å²) in [6, 6.07) is 18.7. The molecule has 4 nitrogen and oxygen atoms in total. The first-order valence-corrected chi connectivity index (χ1v) is 9.11. The third-order valence-electron chi connectivity index (χ3n) is 3.96. The van der Waals surface area contributed by atoms with Gasteiger partial charge in [-0.1, -0.05) is 58.4 Å². The van der Waals surface area contributed by atoms with Gasteiger partial charge in [-0.15, -0.1) is 0 Å². The number of ether oxygens (including phenoxy) is 1.